The molecule has 0 amide bonds. The molecule has 6 heteroatoms. The lowest BCUT2D eigenvalue weighted by atomic mass is 10.2. The van der Waals surface area contributed by atoms with Crippen molar-refractivity contribution in [1.29, 1.82) is 5.26 Å². The number of likely N-dealkylation sites (N-methyl/N-ethyl adjacent to an activating group) is 1. The van der Waals surface area contributed by atoms with Crippen molar-refractivity contribution >= 4 is 17.3 Å². The quantitative estimate of drug-likeness (QED) is 0.937. The van der Waals surface area contributed by atoms with Crippen LogP contribution < -0.4 is 10.2 Å². The number of piperazine rings is 1. The standard InChI is InChI=1S/C17H20N6/c1-13-19-16(21-15-6-4-3-5-14(15)12-18)11-17(20-13)23-9-7-22(2)8-10-23/h3-6,11H,7-10H2,1-2H3,(H,19,20,21). The number of nitriles is 1. The number of para-hydroxylation sites is 1. The Hall–Kier alpha value is -2.65. The molecule has 2 heterocycles. The van der Waals surface area contributed by atoms with Gasteiger partial charge in [-0.25, -0.2) is 9.97 Å². The van der Waals surface area contributed by atoms with Gasteiger partial charge in [0.2, 0.25) is 0 Å². The molecule has 0 radical (unpaired) electrons. The molecule has 3 rings (SSSR count). The van der Waals surface area contributed by atoms with Crippen molar-refractivity contribution in [3.8, 4) is 6.07 Å². The van der Waals surface area contributed by atoms with E-state index in [9.17, 15) is 5.26 Å². The van der Waals surface area contributed by atoms with E-state index in [4.69, 9.17) is 0 Å². The normalized spacial score (nSPS) is 15.3. The predicted octanol–water partition coefficient (Wildman–Crippen LogP) is 2.15. The zero-order chi connectivity index (χ0) is 16.2. The summed E-state index contributed by atoms with van der Waals surface area (Å²) < 4.78 is 0. The van der Waals surface area contributed by atoms with Crippen molar-refractivity contribution in [2.24, 2.45) is 0 Å². The lowest BCUT2D eigenvalue weighted by Crippen LogP contribution is -2.44. The Morgan fingerprint density at radius 1 is 1.13 bits per heavy atom. The zero-order valence-corrected chi connectivity index (χ0v) is 13.5. The first-order valence-corrected chi connectivity index (χ1v) is 7.71. The number of nitrogens with one attached hydrogen (secondary N) is 1. The molecule has 1 N–H and O–H groups in total. The highest BCUT2D eigenvalue weighted by Crippen LogP contribution is 2.22. The van der Waals surface area contributed by atoms with E-state index in [-0.39, 0.29) is 0 Å². The summed E-state index contributed by atoms with van der Waals surface area (Å²) in [4.78, 5) is 13.6. The number of nitrogens with zero attached hydrogens (tertiary/aromatic N) is 5. The van der Waals surface area contributed by atoms with Gasteiger partial charge in [0.05, 0.1) is 11.3 Å². The van der Waals surface area contributed by atoms with Crippen LogP contribution in [0.2, 0.25) is 0 Å². The largest absolute Gasteiger partial charge is 0.354 e. The Labute approximate surface area is 136 Å². The molecule has 1 aromatic heterocycles. The molecule has 118 valence electrons. The molecule has 1 fully saturated rings. The summed E-state index contributed by atoms with van der Waals surface area (Å²) in [6, 6.07) is 11.6. The zero-order valence-electron chi connectivity index (χ0n) is 13.5. The minimum atomic E-state index is 0.602. The fourth-order valence-corrected chi connectivity index (χ4v) is 2.64. The first kappa shape index (κ1) is 15.3. The minimum Gasteiger partial charge on any atom is -0.354 e. The van der Waals surface area contributed by atoms with Gasteiger partial charge < -0.3 is 15.1 Å². The van der Waals surface area contributed by atoms with E-state index in [1.54, 1.807) is 6.07 Å². The third-order valence-corrected chi connectivity index (χ3v) is 3.96. The van der Waals surface area contributed by atoms with Gasteiger partial charge in [-0.2, -0.15) is 5.26 Å². The molecule has 0 spiro atoms. The van der Waals surface area contributed by atoms with Gasteiger partial charge in [0.25, 0.3) is 0 Å². The third kappa shape index (κ3) is 3.58. The second-order valence-electron chi connectivity index (χ2n) is 5.73. The van der Waals surface area contributed by atoms with Gasteiger partial charge in [0, 0.05) is 32.2 Å². The van der Waals surface area contributed by atoms with E-state index in [1.807, 2.05) is 31.2 Å². The van der Waals surface area contributed by atoms with Crippen molar-refractivity contribution in [3.05, 3.63) is 41.7 Å². The van der Waals surface area contributed by atoms with E-state index >= 15 is 0 Å². The number of anilines is 3. The molecule has 1 aliphatic heterocycles. The van der Waals surface area contributed by atoms with Crippen molar-refractivity contribution < 1.29 is 0 Å². The van der Waals surface area contributed by atoms with Crippen molar-refractivity contribution in [2.75, 3.05) is 43.4 Å². The number of aromatic nitrogens is 2. The summed E-state index contributed by atoms with van der Waals surface area (Å²) in [5, 5.41) is 12.4. The van der Waals surface area contributed by atoms with Gasteiger partial charge in [0.1, 0.15) is 23.5 Å². The van der Waals surface area contributed by atoms with Crippen molar-refractivity contribution in [3.63, 3.8) is 0 Å². The highest BCUT2D eigenvalue weighted by atomic mass is 15.3. The van der Waals surface area contributed by atoms with Crippen LogP contribution in [0.15, 0.2) is 30.3 Å². The van der Waals surface area contributed by atoms with Crippen LogP contribution in [-0.2, 0) is 0 Å². The molecule has 6 nitrogen and oxygen atoms in total. The molecule has 0 aliphatic carbocycles. The minimum absolute atomic E-state index is 0.602. The average Bonchev–Trinajstić information content (AvgIpc) is 2.55. The Balaban J connectivity index is 1.85. The maximum Gasteiger partial charge on any atom is 0.136 e. The third-order valence-electron chi connectivity index (χ3n) is 3.96. The fourth-order valence-electron chi connectivity index (χ4n) is 2.64. The van der Waals surface area contributed by atoms with Crippen LogP contribution in [0, 0.1) is 18.3 Å². The monoisotopic (exact) mass is 308 g/mol. The van der Waals surface area contributed by atoms with Gasteiger partial charge in [-0.05, 0) is 26.1 Å². The fraction of sp³-hybridized carbons (Fsp3) is 0.353. The second kappa shape index (κ2) is 6.63. The van der Waals surface area contributed by atoms with E-state index in [0.717, 1.165) is 43.5 Å². The van der Waals surface area contributed by atoms with Gasteiger partial charge in [-0.3, -0.25) is 0 Å². The Kier molecular flexibility index (Phi) is 4.40. The summed E-state index contributed by atoms with van der Waals surface area (Å²) in [5.74, 6) is 2.37. The van der Waals surface area contributed by atoms with Crippen LogP contribution in [0.4, 0.5) is 17.3 Å². The first-order chi connectivity index (χ1) is 11.2. The summed E-state index contributed by atoms with van der Waals surface area (Å²) >= 11 is 0. The van der Waals surface area contributed by atoms with E-state index < -0.39 is 0 Å². The number of hydrogen-bond acceptors (Lipinski definition) is 6. The van der Waals surface area contributed by atoms with Gasteiger partial charge in [0.15, 0.2) is 0 Å². The van der Waals surface area contributed by atoms with Crippen LogP contribution >= 0.6 is 0 Å². The van der Waals surface area contributed by atoms with Gasteiger partial charge in [-0.1, -0.05) is 12.1 Å². The molecule has 1 saturated heterocycles. The van der Waals surface area contributed by atoms with Gasteiger partial charge >= 0.3 is 0 Å². The van der Waals surface area contributed by atoms with Crippen molar-refractivity contribution in [2.45, 2.75) is 6.92 Å². The molecular weight excluding hydrogens is 288 g/mol. The Morgan fingerprint density at radius 3 is 2.61 bits per heavy atom. The van der Waals surface area contributed by atoms with Crippen LogP contribution in [0.5, 0.6) is 0 Å². The maximum atomic E-state index is 9.20. The van der Waals surface area contributed by atoms with Crippen LogP contribution in [0.1, 0.15) is 11.4 Å². The van der Waals surface area contributed by atoms with Gasteiger partial charge in [-0.15, -0.1) is 0 Å². The van der Waals surface area contributed by atoms with Crippen LogP contribution in [-0.4, -0.2) is 48.1 Å². The molecule has 0 unspecified atom stereocenters. The number of rotatable bonds is 3. The maximum absolute atomic E-state index is 9.20. The molecule has 2 aromatic rings. The summed E-state index contributed by atoms with van der Waals surface area (Å²) in [5.41, 5.74) is 1.36. The molecule has 1 aromatic carbocycles. The molecule has 23 heavy (non-hydrogen) atoms. The van der Waals surface area contributed by atoms with E-state index in [2.05, 4.69) is 38.2 Å². The van der Waals surface area contributed by atoms with E-state index in [0.29, 0.717) is 11.4 Å². The predicted molar refractivity (Wildman–Crippen MR) is 90.9 cm³/mol. The highest BCUT2D eigenvalue weighted by Gasteiger charge is 2.16. The average molecular weight is 308 g/mol. The first-order valence-electron chi connectivity index (χ1n) is 7.71. The highest BCUT2D eigenvalue weighted by molar-refractivity contribution is 5.66. The molecule has 1 aliphatic rings. The molecule has 0 atom stereocenters. The summed E-state index contributed by atoms with van der Waals surface area (Å²) in [6.07, 6.45) is 0. The van der Waals surface area contributed by atoms with Crippen LogP contribution in [0.3, 0.4) is 0 Å². The number of aryl methyl sites for hydroxylation is 1. The molecule has 0 saturated carbocycles. The lowest BCUT2D eigenvalue weighted by molar-refractivity contribution is 0.312. The SMILES string of the molecule is Cc1nc(Nc2ccccc2C#N)cc(N2CCN(C)CC2)n1. The second-order valence-corrected chi connectivity index (χ2v) is 5.73. The smallest absolute Gasteiger partial charge is 0.136 e. The number of benzene rings is 1. The van der Waals surface area contributed by atoms with Crippen molar-refractivity contribution in [1.82, 2.24) is 14.9 Å². The summed E-state index contributed by atoms with van der Waals surface area (Å²) in [6.45, 7) is 5.87. The van der Waals surface area contributed by atoms with E-state index in [1.165, 1.54) is 0 Å². The Bertz CT molecular complexity index is 728. The Morgan fingerprint density at radius 2 is 1.87 bits per heavy atom. The number of hydrogen-bond donors (Lipinski definition) is 1. The molecule has 0 bridgehead atoms. The lowest BCUT2D eigenvalue weighted by Gasteiger charge is -2.33. The molecular formula is C17H20N6. The topological polar surface area (TPSA) is 68.1 Å². The van der Waals surface area contributed by atoms with Crippen LogP contribution in [0.25, 0.3) is 0 Å². The summed E-state index contributed by atoms with van der Waals surface area (Å²) in [7, 11) is 2.13.